The van der Waals surface area contributed by atoms with Gasteiger partial charge in [0.05, 0.1) is 18.6 Å². The van der Waals surface area contributed by atoms with Crippen molar-refractivity contribution < 1.29 is 14.6 Å². The Kier molecular flexibility index (Phi) is 4.36. The third-order valence-electron chi connectivity index (χ3n) is 3.54. The van der Waals surface area contributed by atoms with Crippen LogP contribution in [-0.2, 0) is 9.53 Å². The Morgan fingerprint density at radius 1 is 1.25 bits per heavy atom. The van der Waals surface area contributed by atoms with Crippen LogP contribution in [0.25, 0.3) is 0 Å². The molecular formula is C13H24O3. The number of esters is 1. The Bertz CT molecular complexity index is 248. The Morgan fingerprint density at radius 3 is 2.56 bits per heavy atom. The molecule has 94 valence electrons. The second-order valence-corrected chi connectivity index (χ2v) is 5.72. The minimum absolute atomic E-state index is 0.150. The summed E-state index contributed by atoms with van der Waals surface area (Å²) in [7, 11) is 0. The Balaban J connectivity index is 2.53. The van der Waals surface area contributed by atoms with Crippen molar-refractivity contribution in [1.29, 1.82) is 0 Å². The molecule has 1 unspecified atom stereocenters. The number of carbonyl (C=O) groups excluding carboxylic acids is 1. The van der Waals surface area contributed by atoms with E-state index in [2.05, 4.69) is 13.8 Å². The molecule has 1 rings (SSSR count). The molecule has 16 heavy (non-hydrogen) atoms. The number of hydrogen-bond acceptors (Lipinski definition) is 3. The van der Waals surface area contributed by atoms with Gasteiger partial charge in [-0.2, -0.15) is 0 Å². The van der Waals surface area contributed by atoms with Crippen molar-refractivity contribution in [2.45, 2.75) is 64.9 Å². The van der Waals surface area contributed by atoms with Gasteiger partial charge in [-0.25, -0.2) is 0 Å². The minimum Gasteiger partial charge on any atom is -0.466 e. The van der Waals surface area contributed by atoms with Gasteiger partial charge in [-0.05, 0) is 38.0 Å². The van der Waals surface area contributed by atoms with Gasteiger partial charge in [0, 0.05) is 0 Å². The van der Waals surface area contributed by atoms with E-state index in [-0.39, 0.29) is 12.4 Å². The monoisotopic (exact) mass is 228 g/mol. The van der Waals surface area contributed by atoms with Crippen molar-refractivity contribution in [3.05, 3.63) is 0 Å². The number of carbonyl (C=O) groups is 1. The molecule has 1 saturated carbocycles. The van der Waals surface area contributed by atoms with Gasteiger partial charge in [0.25, 0.3) is 0 Å². The van der Waals surface area contributed by atoms with Crippen LogP contribution < -0.4 is 0 Å². The molecule has 1 N–H and O–H groups in total. The first-order chi connectivity index (χ1) is 7.37. The van der Waals surface area contributed by atoms with Crippen molar-refractivity contribution in [1.82, 2.24) is 0 Å². The maximum atomic E-state index is 11.4. The molecule has 1 aliphatic rings. The highest BCUT2D eigenvalue weighted by Gasteiger charge is 2.35. The zero-order chi connectivity index (χ0) is 12.2. The van der Waals surface area contributed by atoms with E-state index in [0.717, 1.165) is 25.7 Å². The first kappa shape index (κ1) is 13.5. The Labute approximate surface area is 98.2 Å². The van der Waals surface area contributed by atoms with Crippen molar-refractivity contribution >= 4 is 5.97 Å². The summed E-state index contributed by atoms with van der Waals surface area (Å²) in [6.45, 7) is 6.63. The van der Waals surface area contributed by atoms with E-state index in [9.17, 15) is 9.90 Å². The lowest BCUT2D eigenvalue weighted by Crippen LogP contribution is -2.32. The van der Waals surface area contributed by atoms with Crippen LogP contribution in [0.5, 0.6) is 0 Å². The molecule has 3 nitrogen and oxygen atoms in total. The van der Waals surface area contributed by atoms with Gasteiger partial charge in [-0.15, -0.1) is 0 Å². The first-order valence-corrected chi connectivity index (χ1v) is 6.25. The third kappa shape index (κ3) is 4.12. The second-order valence-electron chi connectivity index (χ2n) is 5.72. The third-order valence-corrected chi connectivity index (χ3v) is 3.54. The zero-order valence-corrected chi connectivity index (χ0v) is 10.7. The van der Waals surface area contributed by atoms with Gasteiger partial charge < -0.3 is 9.84 Å². The van der Waals surface area contributed by atoms with Crippen molar-refractivity contribution in [2.75, 3.05) is 6.61 Å². The predicted octanol–water partition coefficient (Wildman–Crippen LogP) is 2.66. The highest BCUT2D eigenvalue weighted by atomic mass is 16.5. The van der Waals surface area contributed by atoms with E-state index < -0.39 is 5.60 Å². The second kappa shape index (κ2) is 5.17. The summed E-state index contributed by atoms with van der Waals surface area (Å²) in [6.07, 6.45) is 4.66. The van der Waals surface area contributed by atoms with Crippen LogP contribution in [-0.4, -0.2) is 23.3 Å². The summed E-state index contributed by atoms with van der Waals surface area (Å²) in [5.41, 5.74) is -0.542. The molecule has 0 heterocycles. The molecule has 0 aromatic carbocycles. The highest BCUT2D eigenvalue weighted by Crippen LogP contribution is 2.39. The first-order valence-electron chi connectivity index (χ1n) is 6.25. The number of aliphatic hydroxyl groups is 1. The topological polar surface area (TPSA) is 46.5 Å². The summed E-state index contributed by atoms with van der Waals surface area (Å²) < 4.78 is 4.90. The van der Waals surface area contributed by atoms with E-state index in [1.807, 2.05) is 0 Å². The Hall–Kier alpha value is -0.570. The maximum absolute atomic E-state index is 11.4. The van der Waals surface area contributed by atoms with Crippen LogP contribution in [0.1, 0.15) is 59.3 Å². The lowest BCUT2D eigenvalue weighted by molar-refractivity contribution is -0.149. The molecule has 1 atom stereocenters. The molecule has 0 aromatic heterocycles. The number of rotatable bonds is 3. The fourth-order valence-corrected chi connectivity index (χ4v) is 2.37. The fraction of sp³-hybridized carbons (Fsp3) is 0.923. The van der Waals surface area contributed by atoms with E-state index in [1.54, 1.807) is 6.92 Å². The van der Waals surface area contributed by atoms with Crippen molar-refractivity contribution in [3.63, 3.8) is 0 Å². The summed E-state index contributed by atoms with van der Waals surface area (Å²) in [5, 5.41) is 10.4. The number of ether oxygens (including phenoxy) is 1. The lowest BCUT2D eigenvalue weighted by atomic mass is 9.84. The summed E-state index contributed by atoms with van der Waals surface area (Å²) in [6, 6.07) is 0. The van der Waals surface area contributed by atoms with Crippen LogP contribution in [0.2, 0.25) is 0 Å². The van der Waals surface area contributed by atoms with Crippen LogP contribution >= 0.6 is 0 Å². The van der Waals surface area contributed by atoms with Crippen molar-refractivity contribution in [3.8, 4) is 0 Å². The van der Waals surface area contributed by atoms with Crippen LogP contribution in [0.3, 0.4) is 0 Å². The molecule has 0 saturated heterocycles. The van der Waals surface area contributed by atoms with Gasteiger partial charge in [0.15, 0.2) is 0 Å². The standard InChI is InChI=1S/C13H24O3/c1-4-16-11(14)10-13(15)7-5-6-12(2,3)8-9-13/h15H,4-10H2,1-3H3. The molecule has 0 bridgehead atoms. The molecular weight excluding hydrogens is 204 g/mol. The van der Waals surface area contributed by atoms with E-state index in [0.29, 0.717) is 18.4 Å². The summed E-state index contributed by atoms with van der Waals surface area (Å²) >= 11 is 0. The molecule has 0 radical (unpaired) electrons. The molecule has 3 heteroatoms. The Morgan fingerprint density at radius 2 is 1.94 bits per heavy atom. The maximum Gasteiger partial charge on any atom is 0.308 e. The highest BCUT2D eigenvalue weighted by molar-refractivity contribution is 5.70. The van der Waals surface area contributed by atoms with E-state index >= 15 is 0 Å². The van der Waals surface area contributed by atoms with Gasteiger partial charge >= 0.3 is 5.97 Å². The molecule has 0 aromatic rings. The van der Waals surface area contributed by atoms with Gasteiger partial charge in [0.2, 0.25) is 0 Å². The predicted molar refractivity (Wildman–Crippen MR) is 63.1 cm³/mol. The fourth-order valence-electron chi connectivity index (χ4n) is 2.37. The average molecular weight is 228 g/mol. The normalized spacial score (nSPS) is 29.5. The van der Waals surface area contributed by atoms with Gasteiger partial charge in [-0.3, -0.25) is 4.79 Å². The van der Waals surface area contributed by atoms with Crippen LogP contribution in [0.4, 0.5) is 0 Å². The molecule has 0 spiro atoms. The quantitative estimate of drug-likeness (QED) is 0.596. The van der Waals surface area contributed by atoms with E-state index in [1.165, 1.54) is 0 Å². The zero-order valence-electron chi connectivity index (χ0n) is 10.7. The molecule has 1 aliphatic carbocycles. The molecule has 0 aliphatic heterocycles. The van der Waals surface area contributed by atoms with Crippen molar-refractivity contribution in [2.24, 2.45) is 5.41 Å². The average Bonchev–Trinajstić information content (AvgIpc) is 2.26. The minimum atomic E-state index is -0.833. The van der Waals surface area contributed by atoms with Crippen LogP contribution in [0, 0.1) is 5.41 Å². The SMILES string of the molecule is CCOC(=O)CC1(O)CCCC(C)(C)CC1. The van der Waals surface area contributed by atoms with Crippen LogP contribution in [0.15, 0.2) is 0 Å². The van der Waals surface area contributed by atoms with E-state index in [4.69, 9.17) is 4.74 Å². The van der Waals surface area contributed by atoms with Gasteiger partial charge in [0.1, 0.15) is 0 Å². The number of hydrogen-bond donors (Lipinski definition) is 1. The summed E-state index contributed by atoms with van der Waals surface area (Å²) in [4.78, 5) is 11.4. The van der Waals surface area contributed by atoms with Gasteiger partial charge in [-0.1, -0.05) is 20.3 Å². The largest absolute Gasteiger partial charge is 0.466 e. The smallest absolute Gasteiger partial charge is 0.308 e. The molecule has 1 fully saturated rings. The summed E-state index contributed by atoms with van der Waals surface area (Å²) in [5.74, 6) is -0.273. The lowest BCUT2D eigenvalue weighted by Gasteiger charge is -2.26. The molecule has 0 amide bonds.